The third-order valence-corrected chi connectivity index (χ3v) is 4.99. The molecule has 1 aliphatic rings. The van der Waals surface area contributed by atoms with E-state index < -0.39 is 15.9 Å². The Kier molecular flexibility index (Phi) is 4.14. The van der Waals surface area contributed by atoms with Crippen LogP contribution in [0.1, 0.15) is 18.1 Å². The maximum atomic E-state index is 12.2. The van der Waals surface area contributed by atoms with Gasteiger partial charge in [-0.1, -0.05) is 17.7 Å². The zero-order chi connectivity index (χ0) is 16.5. The van der Waals surface area contributed by atoms with E-state index in [2.05, 4.69) is 0 Å². The Hall–Kier alpha value is -1.89. The van der Waals surface area contributed by atoms with E-state index in [9.17, 15) is 8.42 Å². The van der Waals surface area contributed by atoms with Crippen molar-refractivity contribution in [1.29, 1.82) is 0 Å². The summed E-state index contributed by atoms with van der Waals surface area (Å²) in [5.74, 6) is -0.537. The number of benzene rings is 2. The zero-order valence-electron chi connectivity index (χ0n) is 13.0. The molecule has 6 heteroatoms. The minimum absolute atomic E-state index is 0.126. The molecule has 2 aromatic rings. The number of rotatable bonds is 4. The average Bonchev–Trinajstić information content (AvgIpc) is 2.96. The topological polar surface area (TPSA) is 61.8 Å². The summed E-state index contributed by atoms with van der Waals surface area (Å²) in [4.78, 5) is 0.126. The number of hydrogen-bond donors (Lipinski definition) is 0. The lowest BCUT2D eigenvalue weighted by atomic mass is 10.1. The number of aryl methyl sites for hydroxylation is 1. The highest BCUT2D eigenvalue weighted by atomic mass is 32.2. The normalized spacial score (nSPS) is 17.1. The van der Waals surface area contributed by atoms with E-state index in [-0.39, 0.29) is 10.6 Å². The Morgan fingerprint density at radius 1 is 0.957 bits per heavy atom. The highest BCUT2D eigenvalue weighted by Crippen LogP contribution is 2.32. The number of ether oxygens (including phenoxy) is 2. The van der Waals surface area contributed by atoms with Gasteiger partial charge < -0.3 is 13.7 Å². The van der Waals surface area contributed by atoms with Gasteiger partial charge in [-0.15, -0.1) is 0 Å². The lowest BCUT2D eigenvalue weighted by molar-refractivity contribution is -0.149. The molecule has 0 aromatic heterocycles. The lowest BCUT2D eigenvalue weighted by Gasteiger charge is -2.22. The molecule has 0 bridgehead atoms. The fourth-order valence-corrected chi connectivity index (χ4v) is 3.30. The van der Waals surface area contributed by atoms with Gasteiger partial charge in [-0.3, -0.25) is 0 Å². The molecule has 1 heterocycles. The van der Waals surface area contributed by atoms with Crippen molar-refractivity contribution >= 4 is 10.1 Å². The van der Waals surface area contributed by atoms with Crippen LogP contribution in [0.2, 0.25) is 0 Å². The van der Waals surface area contributed by atoms with Crippen LogP contribution in [-0.2, 0) is 25.4 Å². The van der Waals surface area contributed by atoms with Gasteiger partial charge in [0.25, 0.3) is 0 Å². The van der Waals surface area contributed by atoms with E-state index in [1.165, 1.54) is 12.1 Å². The molecule has 0 spiro atoms. The van der Waals surface area contributed by atoms with Crippen LogP contribution in [0.5, 0.6) is 5.75 Å². The molecule has 0 atom stereocenters. The van der Waals surface area contributed by atoms with Crippen molar-refractivity contribution in [2.45, 2.75) is 24.5 Å². The van der Waals surface area contributed by atoms with Gasteiger partial charge in [0.15, 0.2) is 5.79 Å². The van der Waals surface area contributed by atoms with Gasteiger partial charge in [0, 0.05) is 5.56 Å². The summed E-state index contributed by atoms with van der Waals surface area (Å²) in [5.41, 5.74) is 1.80. The van der Waals surface area contributed by atoms with E-state index in [1.807, 2.05) is 13.8 Å². The van der Waals surface area contributed by atoms with Crippen molar-refractivity contribution in [3.63, 3.8) is 0 Å². The maximum absolute atomic E-state index is 12.2. The van der Waals surface area contributed by atoms with Crippen molar-refractivity contribution < 1.29 is 22.1 Å². The molecular weight excluding hydrogens is 316 g/mol. The first-order chi connectivity index (χ1) is 10.9. The Bertz CT molecular complexity index is 773. The summed E-state index contributed by atoms with van der Waals surface area (Å²) in [6.45, 7) is 4.80. The van der Waals surface area contributed by atoms with Gasteiger partial charge in [0.1, 0.15) is 10.6 Å². The second-order valence-electron chi connectivity index (χ2n) is 5.52. The Balaban J connectivity index is 1.79. The average molecular weight is 334 g/mol. The van der Waals surface area contributed by atoms with E-state index in [0.717, 1.165) is 11.1 Å². The Morgan fingerprint density at radius 2 is 1.52 bits per heavy atom. The zero-order valence-corrected chi connectivity index (χ0v) is 13.8. The minimum Gasteiger partial charge on any atom is -0.379 e. The maximum Gasteiger partial charge on any atom is 0.339 e. The summed E-state index contributed by atoms with van der Waals surface area (Å²) in [5, 5.41) is 0. The van der Waals surface area contributed by atoms with Crippen molar-refractivity contribution in [1.82, 2.24) is 0 Å². The van der Waals surface area contributed by atoms with Crippen LogP contribution in [0, 0.1) is 6.92 Å². The number of hydrogen-bond acceptors (Lipinski definition) is 5. The Morgan fingerprint density at radius 3 is 2.09 bits per heavy atom. The van der Waals surface area contributed by atoms with Crippen molar-refractivity contribution in [3.8, 4) is 5.75 Å². The van der Waals surface area contributed by atoms with Crippen LogP contribution >= 0.6 is 0 Å². The molecule has 23 heavy (non-hydrogen) atoms. The molecule has 1 fully saturated rings. The molecule has 1 saturated heterocycles. The summed E-state index contributed by atoms with van der Waals surface area (Å²) in [6.07, 6.45) is 0. The standard InChI is InChI=1S/C17H18O5S/c1-13-3-9-16(10-4-13)23(18,19)22-15-7-5-14(6-8-15)17(2)20-11-12-21-17/h3-10H,11-12H2,1-2H3. The molecule has 5 nitrogen and oxygen atoms in total. The highest BCUT2D eigenvalue weighted by Gasteiger charge is 2.33. The summed E-state index contributed by atoms with van der Waals surface area (Å²) < 4.78 is 40.8. The summed E-state index contributed by atoms with van der Waals surface area (Å²) >= 11 is 0. The van der Waals surface area contributed by atoms with Crippen LogP contribution in [-0.4, -0.2) is 21.6 Å². The van der Waals surface area contributed by atoms with Crippen molar-refractivity contribution in [3.05, 3.63) is 59.7 Å². The molecule has 0 radical (unpaired) electrons. The summed E-state index contributed by atoms with van der Waals surface area (Å²) in [7, 11) is -3.84. The van der Waals surface area contributed by atoms with Gasteiger partial charge in [-0.2, -0.15) is 8.42 Å². The third-order valence-electron chi connectivity index (χ3n) is 3.73. The second kappa shape index (κ2) is 5.96. The quantitative estimate of drug-likeness (QED) is 0.805. The first-order valence-corrected chi connectivity index (χ1v) is 8.69. The Labute approximate surface area is 135 Å². The molecule has 0 unspecified atom stereocenters. The van der Waals surface area contributed by atoms with Crippen LogP contribution < -0.4 is 4.18 Å². The van der Waals surface area contributed by atoms with Gasteiger partial charge in [0.2, 0.25) is 0 Å². The van der Waals surface area contributed by atoms with Gasteiger partial charge in [0.05, 0.1) is 13.2 Å². The van der Waals surface area contributed by atoms with E-state index in [0.29, 0.717) is 13.2 Å². The molecule has 0 aliphatic carbocycles. The van der Waals surface area contributed by atoms with E-state index >= 15 is 0 Å². The van der Waals surface area contributed by atoms with Crippen molar-refractivity contribution in [2.24, 2.45) is 0 Å². The van der Waals surface area contributed by atoms with Crippen LogP contribution in [0.25, 0.3) is 0 Å². The highest BCUT2D eigenvalue weighted by molar-refractivity contribution is 7.87. The monoisotopic (exact) mass is 334 g/mol. The summed E-state index contributed by atoms with van der Waals surface area (Å²) in [6, 6.07) is 13.2. The molecular formula is C17H18O5S. The van der Waals surface area contributed by atoms with Crippen molar-refractivity contribution in [2.75, 3.05) is 13.2 Å². The van der Waals surface area contributed by atoms with Crippen LogP contribution in [0.4, 0.5) is 0 Å². The van der Waals surface area contributed by atoms with E-state index in [4.69, 9.17) is 13.7 Å². The molecule has 0 saturated carbocycles. The molecule has 2 aromatic carbocycles. The van der Waals surface area contributed by atoms with Gasteiger partial charge in [-0.25, -0.2) is 0 Å². The fourth-order valence-electron chi connectivity index (χ4n) is 2.37. The molecule has 1 aliphatic heterocycles. The third kappa shape index (κ3) is 3.39. The first-order valence-electron chi connectivity index (χ1n) is 7.29. The van der Waals surface area contributed by atoms with Crippen LogP contribution in [0.3, 0.4) is 0 Å². The SMILES string of the molecule is Cc1ccc(S(=O)(=O)Oc2ccc(C3(C)OCCO3)cc2)cc1. The minimum atomic E-state index is -3.84. The predicted molar refractivity (Wildman–Crippen MR) is 84.7 cm³/mol. The van der Waals surface area contributed by atoms with Gasteiger partial charge in [-0.05, 0) is 50.2 Å². The van der Waals surface area contributed by atoms with Gasteiger partial charge >= 0.3 is 10.1 Å². The smallest absolute Gasteiger partial charge is 0.339 e. The molecule has 122 valence electrons. The van der Waals surface area contributed by atoms with E-state index in [1.54, 1.807) is 36.4 Å². The molecule has 0 amide bonds. The lowest BCUT2D eigenvalue weighted by Crippen LogP contribution is -2.22. The fraction of sp³-hybridized carbons (Fsp3) is 0.294. The second-order valence-corrected chi connectivity index (χ2v) is 7.06. The molecule has 0 N–H and O–H groups in total. The van der Waals surface area contributed by atoms with Crippen LogP contribution in [0.15, 0.2) is 53.4 Å². The molecule has 3 rings (SSSR count). The first kappa shape index (κ1) is 16.0. The predicted octanol–water partition coefficient (Wildman–Crippen LogP) is 2.98. The largest absolute Gasteiger partial charge is 0.379 e.